The molecule has 0 aliphatic heterocycles. The van der Waals surface area contributed by atoms with Gasteiger partial charge in [-0.05, 0) is 12.0 Å². The number of nitrogens with two attached hydrogens (primary N) is 1. The first-order valence-electron chi connectivity index (χ1n) is 5.55. The van der Waals surface area contributed by atoms with E-state index in [2.05, 4.69) is 0 Å². The number of halogens is 1. The van der Waals surface area contributed by atoms with E-state index in [0.29, 0.717) is 6.42 Å². The standard InChI is InChI=1S/C13H17NO3.ClH/c1-9(13(16)17)7-12(15)11(14)8-10-5-3-2-4-6-10;/h2-6,9,11H,7-8,14H2,1H3,(H,16,17);1H/t9-,11+;/m0./s1. The van der Waals surface area contributed by atoms with Gasteiger partial charge in [0.2, 0.25) is 0 Å². The lowest BCUT2D eigenvalue weighted by Crippen LogP contribution is -2.34. The van der Waals surface area contributed by atoms with Gasteiger partial charge < -0.3 is 10.8 Å². The Morgan fingerprint density at radius 2 is 1.83 bits per heavy atom. The van der Waals surface area contributed by atoms with Crippen molar-refractivity contribution in [3.63, 3.8) is 0 Å². The number of ketones is 1. The fourth-order valence-electron chi connectivity index (χ4n) is 1.52. The number of carbonyl (C=O) groups is 2. The molecule has 0 saturated heterocycles. The largest absolute Gasteiger partial charge is 0.481 e. The molecule has 5 heteroatoms. The van der Waals surface area contributed by atoms with Crippen molar-refractivity contribution in [1.82, 2.24) is 0 Å². The van der Waals surface area contributed by atoms with Crippen LogP contribution in [0.4, 0.5) is 0 Å². The molecule has 0 spiro atoms. The first-order valence-corrected chi connectivity index (χ1v) is 5.55. The molecule has 2 atom stereocenters. The third-order valence-corrected chi connectivity index (χ3v) is 2.64. The smallest absolute Gasteiger partial charge is 0.306 e. The molecule has 3 N–H and O–H groups in total. The summed E-state index contributed by atoms with van der Waals surface area (Å²) in [6.07, 6.45) is 0.440. The van der Waals surface area contributed by atoms with E-state index in [0.717, 1.165) is 5.56 Å². The highest BCUT2D eigenvalue weighted by atomic mass is 35.5. The van der Waals surface area contributed by atoms with Gasteiger partial charge in [0.15, 0.2) is 5.78 Å². The van der Waals surface area contributed by atoms with Crippen LogP contribution in [0.1, 0.15) is 18.9 Å². The molecule has 0 unspecified atom stereocenters. The van der Waals surface area contributed by atoms with Crippen LogP contribution >= 0.6 is 12.4 Å². The zero-order chi connectivity index (χ0) is 12.8. The first kappa shape index (κ1) is 16.6. The lowest BCUT2D eigenvalue weighted by molar-refractivity contribution is -0.143. The Morgan fingerprint density at radius 1 is 1.28 bits per heavy atom. The van der Waals surface area contributed by atoms with Crippen molar-refractivity contribution in [1.29, 1.82) is 0 Å². The molecule has 0 aliphatic rings. The number of hydrogen-bond acceptors (Lipinski definition) is 3. The van der Waals surface area contributed by atoms with Crippen molar-refractivity contribution in [3.05, 3.63) is 35.9 Å². The zero-order valence-electron chi connectivity index (χ0n) is 10.2. The Balaban J connectivity index is 0.00000289. The minimum atomic E-state index is -0.967. The second-order valence-electron chi connectivity index (χ2n) is 4.21. The van der Waals surface area contributed by atoms with Gasteiger partial charge in [0.05, 0.1) is 12.0 Å². The summed E-state index contributed by atoms with van der Waals surface area (Å²) in [6.45, 7) is 1.51. The van der Waals surface area contributed by atoms with Crippen LogP contribution < -0.4 is 5.73 Å². The molecule has 0 aromatic heterocycles. The minimum absolute atomic E-state index is 0. The summed E-state index contributed by atoms with van der Waals surface area (Å²) < 4.78 is 0. The van der Waals surface area contributed by atoms with Crippen molar-refractivity contribution in [3.8, 4) is 0 Å². The fraction of sp³-hybridized carbons (Fsp3) is 0.385. The fourth-order valence-corrected chi connectivity index (χ4v) is 1.52. The molecule has 0 radical (unpaired) electrons. The summed E-state index contributed by atoms with van der Waals surface area (Å²) >= 11 is 0. The maximum atomic E-state index is 11.7. The molecule has 0 aliphatic carbocycles. The third kappa shape index (κ3) is 5.29. The van der Waals surface area contributed by atoms with E-state index in [9.17, 15) is 9.59 Å². The van der Waals surface area contributed by atoms with Crippen molar-refractivity contribution in [2.24, 2.45) is 11.7 Å². The highest BCUT2D eigenvalue weighted by Gasteiger charge is 2.20. The monoisotopic (exact) mass is 271 g/mol. The molecule has 0 saturated carbocycles. The van der Waals surface area contributed by atoms with Gasteiger partial charge >= 0.3 is 5.97 Å². The van der Waals surface area contributed by atoms with Crippen LogP contribution in [0.25, 0.3) is 0 Å². The number of carboxylic acids is 1. The molecule has 0 heterocycles. The summed E-state index contributed by atoms with van der Waals surface area (Å²) in [5.74, 6) is -1.85. The lowest BCUT2D eigenvalue weighted by Gasteiger charge is -2.12. The SMILES string of the molecule is C[C@@H](CC(=O)[C@H](N)Cc1ccccc1)C(=O)O.Cl. The average molecular weight is 272 g/mol. The minimum Gasteiger partial charge on any atom is -0.481 e. The number of aliphatic carboxylic acids is 1. The summed E-state index contributed by atoms with van der Waals surface area (Å²) in [7, 11) is 0. The molecule has 1 aromatic carbocycles. The van der Waals surface area contributed by atoms with E-state index < -0.39 is 17.9 Å². The van der Waals surface area contributed by atoms with E-state index in [-0.39, 0.29) is 24.6 Å². The predicted molar refractivity (Wildman–Crippen MR) is 71.8 cm³/mol. The molecule has 0 amide bonds. The van der Waals surface area contributed by atoms with Gasteiger partial charge in [-0.1, -0.05) is 37.3 Å². The Labute approximate surface area is 113 Å². The lowest BCUT2D eigenvalue weighted by atomic mass is 9.96. The molecule has 100 valence electrons. The second kappa shape index (κ2) is 7.84. The Hall–Kier alpha value is -1.39. The molecule has 0 bridgehead atoms. The highest BCUT2D eigenvalue weighted by molar-refractivity contribution is 5.87. The highest BCUT2D eigenvalue weighted by Crippen LogP contribution is 2.08. The summed E-state index contributed by atoms with van der Waals surface area (Å²) in [5.41, 5.74) is 6.74. The quantitative estimate of drug-likeness (QED) is 0.825. The second-order valence-corrected chi connectivity index (χ2v) is 4.21. The third-order valence-electron chi connectivity index (χ3n) is 2.64. The van der Waals surface area contributed by atoms with Crippen LogP contribution in [0.5, 0.6) is 0 Å². The van der Waals surface area contributed by atoms with E-state index in [4.69, 9.17) is 10.8 Å². The summed E-state index contributed by atoms with van der Waals surface area (Å²) in [5, 5.41) is 8.71. The molecular formula is C13H18ClNO3. The molecule has 4 nitrogen and oxygen atoms in total. The number of rotatable bonds is 6. The van der Waals surface area contributed by atoms with Crippen LogP contribution in [-0.4, -0.2) is 22.9 Å². The molecule has 18 heavy (non-hydrogen) atoms. The zero-order valence-corrected chi connectivity index (χ0v) is 11.0. The van der Waals surface area contributed by atoms with Gasteiger partial charge in [-0.3, -0.25) is 9.59 Å². The van der Waals surface area contributed by atoms with Gasteiger partial charge in [-0.15, -0.1) is 12.4 Å². The van der Waals surface area contributed by atoms with E-state index in [1.165, 1.54) is 6.92 Å². The van der Waals surface area contributed by atoms with Gasteiger partial charge in [-0.2, -0.15) is 0 Å². The Morgan fingerprint density at radius 3 is 2.33 bits per heavy atom. The van der Waals surface area contributed by atoms with Crippen LogP contribution in [0.3, 0.4) is 0 Å². The van der Waals surface area contributed by atoms with Crippen LogP contribution in [0.2, 0.25) is 0 Å². The van der Waals surface area contributed by atoms with Gasteiger partial charge in [0.25, 0.3) is 0 Å². The maximum absolute atomic E-state index is 11.7. The molecule has 1 aromatic rings. The van der Waals surface area contributed by atoms with E-state index >= 15 is 0 Å². The topological polar surface area (TPSA) is 80.4 Å². The molecule has 1 rings (SSSR count). The van der Waals surface area contributed by atoms with Gasteiger partial charge in [0.1, 0.15) is 0 Å². The van der Waals surface area contributed by atoms with E-state index in [1.807, 2.05) is 30.3 Å². The number of Topliss-reactive ketones (excluding diaryl/α,β-unsaturated/α-hetero) is 1. The Bertz CT molecular complexity index is 394. The Kier molecular flexibility index (Phi) is 7.24. The van der Waals surface area contributed by atoms with Gasteiger partial charge in [-0.25, -0.2) is 0 Å². The number of hydrogen-bond donors (Lipinski definition) is 2. The summed E-state index contributed by atoms with van der Waals surface area (Å²) in [4.78, 5) is 22.3. The van der Waals surface area contributed by atoms with Crippen molar-refractivity contribution in [2.75, 3.05) is 0 Å². The number of carboxylic acid groups (broad SMARTS) is 1. The van der Waals surface area contributed by atoms with Crippen LogP contribution in [0.15, 0.2) is 30.3 Å². The molecular weight excluding hydrogens is 254 g/mol. The normalized spacial score (nSPS) is 13.2. The number of carbonyl (C=O) groups excluding carboxylic acids is 1. The van der Waals surface area contributed by atoms with Crippen LogP contribution in [-0.2, 0) is 16.0 Å². The maximum Gasteiger partial charge on any atom is 0.306 e. The first-order chi connectivity index (χ1) is 8.00. The summed E-state index contributed by atoms with van der Waals surface area (Å²) in [6, 6.07) is 8.82. The van der Waals surface area contributed by atoms with Crippen LogP contribution in [0, 0.1) is 5.92 Å². The van der Waals surface area contributed by atoms with Crippen molar-refractivity contribution in [2.45, 2.75) is 25.8 Å². The van der Waals surface area contributed by atoms with Crippen molar-refractivity contribution < 1.29 is 14.7 Å². The average Bonchev–Trinajstić information content (AvgIpc) is 2.29. The van der Waals surface area contributed by atoms with Crippen molar-refractivity contribution >= 4 is 24.2 Å². The van der Waals surface area contributed by atoms with E-state index in [1.54, 1.807) is 0 Å². The van der Waals surface area contributed by atoms with Gasteiger partial charge in [0, 0.05) is 6.42 Å². The molecule has 0 fully saturated rings. The number of benzene rings is 1. The predicted octanol–water partition coefficient (Wildman–Crippen LogP) is 1.66.